The molecule has 1 amide bonds. The molecule has 0 aliphatic carbocycles. The van der Waals surface area contributed by atoms with E-state index >= 15 is 0 Å². The number of hydrogen-bond donors (Lipinski definition) is 1. The number of carbonyl (C=O) groups excluding carboxylic acids is 1. The van der Waals surface area contributed by atoms with E-state index in [9.17, 15) is 18.0 Å². The molecule has 1 aliphatic rings. The Hall–Kier alpha value is -2.09. The van der Waals surface area contributed by atoms with E-state index in [0.29, 0.717) is 0 Å². The van der Waals surface area contributed by atoms with Gasteiger partial charge in [0, 0.05) is 6.54 Å². The maximum atomic E-state index is 11.9. The van der Waals surface area contributed by atoms with Crippen LogP contribution in [0.15, 0.2) is 30.3 Å². The molecule has 0 saturated carbocycles. The molecular weight excluding hydrogens is 298 g/mol. The molecule has 1 saturated heterocycles. The SMILES string of the molecule is O=C(O)C1CS(=O)(=O)CCN1C(=O)OCc1ccccc1. The molecule has 1 unspecified atom stereocenters. The minimum atomic E-state index is -3.44. The van der Waals surface area contributed by atoms with Crippen LogP contribution in [-0.4, -0.2) is 54.6 Å². The maximum Gasteiger partial charge on any atom is 0.410 e. The number of amides is 1. The maximum absolute atomic E-state index is 11.9. The van der Waals surface area contributed by atoms with Crippen LogP contribution in [0.25, 0.3) is 0 Å². The summed E-state index contributed by atoms with van der Waals surface area (Å²) in [6.07, 6.45) is -0.818. The van der Waals surface area contributed by atoms with Crippen molar-refractivity contribution < 1.29 is 27.9 Å². The Labute approximate surface area is 122 Å². The molecule has 114 valence electrons. The van der Waals surface area contributed by atoms with Crippen molar-refractivity contribution in [3.8, 4) is 0 Å². The molecule has 1 heterocycles. The van der Waals surface area contributed by atoms with E-state index in [-0.39, 0.29) is 18.9 Å². The molecule has 8 heteroatoms. The molecule has 1 N–H and O–H groups in total. The highest BCUT2D eigenvalue weighted by atomic mass is 32.2. The van der Waals surface area contributed by atoms with E-state index in [1.54, 1.807) is 24.3 Å². The van der Waals surface area contributed by atoms with E-state index < -0.39 is 33.7 Å². The molecule has 7 nitrogen and oxygen atoms in total. The summed E-state index contributed by atoms with van der Waals surface area (Å²) in [6, 6.07) is 7.53. The highest BCUT2D eigenvalue weighted by molar-refractivity contribution is 7.91. The van der Waals surface area contributed by atoms with Crippen LogP contribution in [0.2, 0.25) is 0 Å². The molecule has 21 heavy (non-hydrogen) atoms. The summed E-state index contributed by atoms with van der Waals surface area (Å²) >= 11 is 0. The largest absolute Gasteiger partial charge is 0.480 e. The van der Waals surface area contributed by atoms with Crippen molar-refractivity contribution in [2.75, 3.05) is 18.1 Å². The number of carboxylic acids is 1. The summed E-state index contributed by atoms with van der Waals surface area (Å²) in [7, 11) is -3.44. The zero-order valence-electron chi connectivity index (χ0n) is 11.1. The molecule has 1 aliphatic heterocycles. The molecule has 0 spiro atoms. The van der Waals surface area contributed by atoms with Crippen LogP contribution in [0, 0.1) is 0 Å². The minimum Gasteiger partial charge on any atom is -0.480 e. The van der Waals surface area contributed by atoms with E-state index in [1.807, 2.05) is 6.07 Å². The summed E-state index contributed by atoms with van der Waals surface area (Å²) in [5, 5.41) is 9.06. The topological polar surface area (TPSA) is 101 Å². The average Bonchev–Trinajstić information content (AvgIpc) is 2.45. The first-order valence-electron chi connectivity index (χ1n) is 6.29. The van der Waals surface area contributed by atoms with Crippen molar-refractivity contribution in [1.82, 2.24) is 4.90 Å². The normalized spacial score (nSPS) is 20.8. The molecule has 1 atom stereocenters. The van der Waals surface area contributed by atoms with E-state index in [1.165, 1.54) is 0 Å². The summed E-state index contributed by atoms with van der Waals surface area (Å²) in [5.74, 6) is -2.19. The number of nitrogens with zero attached hydrogens (tertiary/aromatic N) is 1. The Morgan fingerprint density at radius 2 is 1.95 bits per heavy atom. The summed E-state index contributed by atoms with van der Waals surface area (Å²) in [5.41, 5.74) is 0.766. The van der Waals surface area contributed by atoms with Gasteiger partial charge in [-0.3, -0.25) is 4.90 Å². The van der Waals surface area contributed by atoms with Crippen molar-refractivity contribution >= 4 is 21.9 Å². The summed E-state index contributed by atoms with van der Waals surface area (Å²) < 4.78 is 28.0. The molecule has 0 aromatic heterocycles. The standard InChI is InChI=1S/C13H15NO6S/c15-12(16)11-9-21(18,19)7-6-14(11)13(17)20-8-10-4-2-1-3-5-10/h1-5,11H,6-9H2,(H,15,16). The Bertz CT molecular complexity index is 627. The lowest BCUT2D eigenvalue weighted by atomic mass is 10.2. The fourth-order valence-electron chi connectivity index (χ4n) is 2.03. The highest BCUT2D eigenvalue weighted by Gasteiger charge is 2.39. The van der Waals surface area contributed by atoms with Crippen LogP contribution in [0.3, 0.4) is 0 Å². The number of rotatable bonds is 3. The zero-order valence-corrected chi connectivity index (χ0v) is 12.0. The number of benzene rings is 1. The van der Waals surface area contributed by atoms with Gasteiger partial charge in [0.15, 0.2) is 9.84 Å². The van der Waals surface area contributed by atoms with Crippen molar-refractivity contribution in [1.29, 1.82) is 0 Å². The van der Waals surface area contributed by atoms with Gasteiger partial charge in [0.25, 0.3) is 0 Å². The fraction of sp³-hybridized carbons (Fsp3) is 0.385. The third-order valence-electron chi connectivity index (χ3n) is 3.16. The molecule has 1 fully saturated rings. The summed E-state index contributed by atoms with van der Waals surface area (Å²) in [4.78, 5) is 24.0. The number of ether oxygens (including phenoxy) is 1. The zero-order chi connectivity index (χ0) is 15.5. The molecule has 1 aromatic rings. The third-order valence-corrected chi connectivity index (χ3v) is 4.78. The number of carboxylic acid groups (broad SMARTS) is 1. The van der Waals surface area contributed by atoms with Gasteiger partial charge < -0.3 is 9.84 Å². The van der Waals surface area contributed by atoms with E-state index in [0.717, 1.165) is 10.5 Å². The fourth-order valence-corrected chi connectivity index (χ4v) is 3.48. The Kier molecular flexibility index (Phi) is 4.46. The number of carbonyl (C=O) groups is 2. The molecule has 1 aromatic carbocycles. The number of sulfone groups is 1. The first kappa shape index (κ1) is 15.3. The van der Waals surface area contributed by atoms with Crippen molar-refractivity contribution in [2.24, 2.45) is 0 Å². The highest BCUT2D eigenvalue weighted by Crippen LogP contribution is 2.14. The second-order valence-corrected chi connectivity index (χ2v) is 6.93. The van der Waals surface area contributed by atoms with Gasteiger partial charge >= 0.3 is 12.1 Å². The van der Waals surface area contributed by atoms with E-state index in [4.69, 9.17) is 9.84 Å². The lowest BCUT2D eigenvalue weighted by molar-refractivity contribution is -0.142. The van der Waals surface area contributed by atoms with Crippen molar-refractivity contribution in [3.05, 3.63) is 35.9 Å². The van der Waals surface area contributed by atoms with Gasteiger partial charge in [0.2, 0.25) is 0 Å². The van der Waals surface area contributed by atoms with Gasteiger partial charge in [0.1, 0.15) is 12.6 Å². The first-order valence-corrected chi connectivity index (χ1v) is 8.12. The van der Waals surface area contributed by atoms with Crippen LogP contribution in [0.4, 0.5) is 4.79 Å². The number of hydrogen-bond acceptors (Lipinski definition) is 5. The second kappa shape index (κ2) is 6.13. The predicted molar refractivity (Wildman–Crippen MR) is 73.4 cm³/mol. The lowest BCUT2D eigenvalue weighted by Crippen LogP contribution is -2.54. The molecular formula is C13H15NO6S. The van der Waals surface area contributed by atoms with Crippen LogP contribution in [0.1, 0.15) is 5.56 Å². The van der Waals surface area contributed by atoms with Gasteiger partial charge in [0.05, 0.1) is 11.5 Å². The predicted octanol–water partition coefficient (Wildman–Crippen LogP) is 0.507. The third kappa shape index (κ3) is 3.94. The number of aliphatic carboxylic acids is 1. The molecule has 0 radical (unpaired) electrons. The van der Waals surface area contributed by atoms with Gasteiger partial charge in [-0.05, 0) is 5.56 Å². The Morgan fingerprint density at radius 1 is 1.29 bits per heavy atom. The molecule has 2 rings (SSSR count). The Balaban J connectivity index is 2.02. The van der Waals surface area contributed by atoms with Crippen LogP contribution in [-0.2, 0) is 26.0 Å². The smallest absolute Gasteiger partial charge is 0.410 e. The Morgan fingerprint density at radius 3 is 2.57 bits per heavy atom. The van der Waals surface area contributed by atoms with Crippen LogP contribution in [0.5, 0.6) is 0 Å². The average molecular weight is 313 g/mol. The van der Waals surface area contributed by atoms with Crippen molar-refractivity contribution in [2.45, 2.75) is 12.6 Å². The monoisotopic (exact) mass is 313 g/mol. The van der Waals surface area contributed by atoms with Gasteiger partial charge in [-0.25, -0.2) is 18.0 Å². The second-order valence-electron chi connectivity index (χ2n) is 4.70. The van der Waals surface area contributed by atoms with Gasteiger partial charge in [-0.2, -0.15) is 0 Å². The van der Waals surface area contributed by atoms with Crippen LogP contribution < -0.4 is 0 Å². The lowest BCUT2D eigenvalue weighted by Gasteiger charge is -2.31. The quantitative estimate of drug-likeness (QED) is 0.872. The van der Waals surface area contributed by atoms with Crippen LogP contribution >= 0.6 is 0 Å². The first-order chi connectivity index (χ1) is 9.89. The van der Waals surface area contributed by atoms with E-state index in [2.05, 4.69) is 0 Å². The molecule has 0 bridgehead atoms. The van der Waals surface area contributed by atoms with Gasteiger partial charge in [-0.15, -0.1) is 0 Å². The van der Waals surface area contributed by atoms with Crippen molar-refractivity contribution in [3.63, 3.8) is 0 Å². The van der Waals surface area contributed by atoms with Gasteiger partial charge in [-0.1, -0.05) is 30.3 Å². The summed E-state index contributed by atoms with van der Waals surface area (Å²) in [6.45, 7) is -0.164. The minimum absolute atomic E-state index is 0.00919.